The summed E-state index contributed by atoms with van der Waals surface area (Å²) in [6, 6.07) is 0.263. The highest BCUT2D eigenvalue weighted by Crippen LogP contribution is 2.47. The van der Waals surface area contributed by atoms with Crippen LogP contribution in [0.2, 0.25) is 54.4 Å². The van der Waals surface area contributed by atoms with Crippen molar-refractivity contribution in [2.75, 3.05) is 11.9 Å². The zero-order chi connectivity index (χ0) is 40.9. The molecule has 0 unspecified atom stereocenters. The predicted octanol–water partition coefficient (Wildman–Crippen LogP) is 9.16. The van der Waals surface area contributed by atoms with Crippen molar-refractivity contribution in [1.82, 2.24) is 29.3 Å². The van der Waals surface area contributed by atoms with E-state index in [4.69, 9.17) is 33.0 Å². The van der Waals surface area contributed by atoms with E-state index in [2.05, 4.69) is 112 Å². The number of carbonyl (C=O) groups is 1. The van der Waals surface area contributed by atoms with E-state index < -0.39 is 55.5 Å². The van der Waals surface area contributed by atoms with Crippen molar-refractivity contribution in [3.8, 4) is 5.95 Å². The quantitative estimate of drug-likeness (QED) is 0.126. The molecule has 16 heteroatoms. The Balaban J connectivity index is 1.68. The average molecular weight is 814 g/mol. The molecule has 0 spiro atoms. The molecule has 5 rings (SSSR count). The van der Waals surface area contributed by atoms with Crippen LogP contribution in [0, 0.1) is 0 Å². The highest BCUT2D eigenvalue weighted by Gasteiger charge is 2.55. The maximum absolute atomic E-state index is 11.2. The van der Waals surface area contributed by atoms with E-state index in [1.54, 1.807) is 23.4 Å². The number of imidazole rings is 1. The van der Waals surface area contributed by atoms with Crippen molar-refractivity contribution in [3.05, 3.63) is 30.4 Å². The molecule has 0 amide bonds. The van der Waals surface area contributed by atoms with Gasteiger partial charge in [-0.2, -0.15) is 15.1 Å². The van der Waals surface area contributed by atoms with E-state index in [0.717, 1.165) is 31.8 Å². The van der Waals surface area contributed by atoms with Gasteiger partial charge in [-0.05, 0) is 73.3 Å². The maximum atomic E-state index is 11.2. The molecular weight excluding hydrogens is 747 g/mol. The first-order valence-corrected chi connectivity index (χ1v) is 28.6. The van der Waals surface area contributed by atoms with E-state index in [1.807, 2.05) is 4.57 Å². The fraction of sp³-hybridized carbons (Fsp3) is 0.718. The van der Waals surface area contributed by atoms with Crippen LogP contribution in [0.3, 0.4) is 0 Å². The second-order valence-corrected chi connectivity index (χ2v) is 34.4. The summed E-state index contributed by atoms with van der Waals surface area (Å²) in [5.74, 6) is -0.0840. The van der Waals surface area contributed by atoms with Gasteiger partial charge in [-0.1, -0.05) is 75.2 Å². The predicted molar refractivity (Wildman–Crippen MR) is 226 cm³/mol. The Morgan fingerprint density at radius 3 is 2.05 bits per heavy atom. The smallest absolute Gasteiger partial charge is 0.328 e. The minimum Gasteiger partial charge on any atom is -0.478 e. The first-order chi connectivity index (χ1) is 25.2. The van der Waals surface area contributed by atoms with E-state index >= 15 is 0 Å². The molecule has 1 aliphatic carbocycles. The molecule has 4 heterocycles. The lowest BCUT2D eigenvalue weighted by Gasteiger charge is -2.44. The molecule has 0 radical (unpaired) electrons. The van der Waals surface area contributed by atoms with Gasteiger partial charge in [0.2, 0.25) is 0 Å². The number of ether oxygens (including phenoxy) is 1. The summed E-state index contributed by atoms with van der Waals surface area (Å²) in [5, 5.41) is 17.3. The Hall–Kier alpha value is -2.74. The SMILES string of the molecule is CC(C)(C)[Si](C)(C)OC[C@@H]1O[C@@H](n2cnc3c(NC4CCCC4)nc(-n4cc(/C=C/C(=O)O)cn4)nc32)[C@@H](O[Si](C)(C)C(C)(C)C)[C@H]1O[Si](C)(C)C(C)(C)C. The van der Waals surface area contributed by atoms with Crippen molar-refractivity contribution in [3.63, 3.8) is 0 Å². The number of anilines is 1. The van der Waals surface area contributed by atoms with Crippen molar-refractivity contribution < 1.29 is 27.9 Å². The number of nitrogens with one attached hydrogen (secondary N) is 1. The van der Waals surface area contributed by atoms with Crippen molar-refractivity contribution in [1.29, 1.82) is 0 Å². The molecule has 1 saturated carbocycles. The molecule has 55 heavy (non-hydrogen) atoms. The summed E-state index contributed by atoms with van der Waals surface area (Å²) in [7, 11) is -6.92. The number of hydrogen-bond acceptors (Lipinski definition) is 10. The Kier molecular flexibility index (Phi) is 12.3. The number of hydrogen-bond donors (Lipinski definition) is 2. The third-order valence-electron chi connectivity index (χ3n) is 12.8. The van der Waals surface area contributed by atoms with Crippen LogP contribution in [0.25, 0.3) is 23.2 Å². The monoisotopic (exact) mass is 813 g/mol. The number of nitrogens with zero attached hydrogens (tertiary/aromatic N) is 6. The number of carboxylic acids is 1. The number of aliphatic carboxylic acids is 1. The summed E-state index contributed by atoms with van der Waals surface area (Å²) >= 11 is 0. The molecule has 0 aromatic carbocycles. The molecule has 3 aromatic heterocycles. The Morgan fingerprint density at radius 1 is 0.909 bits per heavy atom. The molecule has 306 valence electrons. The molecule has 2 N–H and O–H groups in total. The first-order valence-electron chi connectivity index (χ1n) is 19.8. The summed E-state index contributed by atoms with van der Waals surface area (Å²) in [6.07, 6.45) is 10.1. The van der Waals surface area contributed by atoms with Crippen molar-refractivity contribution in [2.24, 2.45) is 0 Å². The van der Waals surface area contributed by atoms with Crippen LogP contribution in [-0.4, -0.2) is 96.3 Å². The molecule has 3 aromatic rings. The number of rotatable bonds is 13. The van der Waals surface area contributed by atoms with Crippen LogP contribution < -0.4 is 5.32 Å². The van der Waals surface area contributed by atoms with E-state index in [1.165, 1.54) is 6.08 Å². The second kappa shape index (κ2) is 15.5. The average Bonchev–Trinajstić information content (AvgIpc) is 3.85. The Morgan fingerprint density at radius 2 is 1.49 bits per heavy atom. The van der Waals surface area contributed by atoms with Crippen LogP contribution in [0.5, 0.6) is 0 Å². The minimum atomic E-state index is -2.40. The molecule has 1 saturated heterocycles. The van der Waals surface area contributed by atoms with Crippen molar-refractivity contribution >= 4 is 54.0 Å². The largest absolute Gasteiger partial charge is 0.478 e. The fourth-order valence-electron chi connectivity index (χ4n) is 6.13. The van der Waals surface area contributed by atoms with Gasteiger partial charge in [0.15, 0.2) is 48.2 Å². The van der Waals surface area contributed by atoms with Gasteiger partial charge in [-0.25, -0.2) is 14.5 Å². The van der Waals surface area contributed by atoms with Gasteiger partial charge in [0, 0.05) is 23.9 Å². The molecule has 4 atom stereocenters. The second-order valence-electron chi connectivity index (χ2n) is 20.0. The van der Waals surface area contributed by atoms with Crippen molar-refractivity contribution in [2.45, 2.75) is 173 Å². The first kappa shape index (κ1) is 43.4. The number of fused-ring (bicyclic) bond motifs is 1. The highest BCUT2D eigenvalue weighted by atomic mass is 28.4. The van der Waals surface area contributed by atoms with Crippen LogP contribution in [0.4, 0.5) is 5.82 Å². The molecule has 2 fully saturated rings. The summed E-state index contributed by atoms with van der Waals surface area (Å²) < 4.78 is 32.5. The Bertz CT molecular complexity index is 1850. The summed E-state index contributed by atoms with van der Waals surface area (Å²) in [6.45, 7) is 34.3. The third kappa shape index (κ3) is 9.53. The lowest BCUT2D eigenvalue weighted by atomic mass is 10.1. The van der Waals surface area contributed by atoms with Crippen LogP contribution in [0.1, 0.15) is 99.8 Å². The normalized spacial score (nSPS) is 22.4. The third-order valence-corrected chi connectivity index (χ3v) is 26.2. The van der Waals surface area contributed by atoms with Gasteiger partial charge in [0.1, 0.15) is 18.3 Å². The number of carboxylic acid groups (broad SMARTS) is 1. The standard InChI is InChI=1S/C39H67N7O6Si3/c1-37(2,3)53(10,11)49-24-28-31(51-54(12,13)38(4,5)6)32(52-55(14,15)39(7,8)9)35(50-28)45-25-40-30-33(42-27-18-16-17-19-27)43-36(44-34(30)45)46-23-26(22-41-46)20-21-29(47)48/h20-23,25,27-28,31-32,35H,16-19,24H2,1-15H3,(H,47,48)(H,42,43,44)/b21-20+/t28-,31-,32-,35+/m0/s1. The zero-order valence-corrected chi connectivity index (χ0v) is 39.0. The zero-order valence-electron chi connectivity index (χ0n) is 36.0. The molecule has 0 bridgehead atoms. The summed E-state index contributed by atoms with van der Waals surface area (Å²) in [5.41, 5.74) is 1.82. The summed E-state index contributed by atoms with van der Waals surface area (Å²) in [4.78, 5) is 26.2. The lowest BCUT2D eigenvalue weighted by Crippen LogP contribution is -2.54. The minimum absolute atomic E-state index is 0.0181. The van der Waals surface area contributed by atoms with Gasteiger partial charge < -0.3 is 28.4 Å². The van der Waals surface area contributed by atoms with Crippen LogP contribution in [-0.2, 0) is 22.8 Å². The molecular formula is C39H67N7O6Si3. The highest BCUT2D eigenvalue weighted by molar-refractivity contribution is 6.75. The lowest BCUT2D eigenvalue weighted by molar-refractivity contribution is -0.131. The Labute approximate surface area is 331 Å². The van der Waals surface area contributed by atoms with Crippen LogP contribution >= 0.6 is 0 Å². The molecule has 1 aliphatic heterocycles. The topological polar surface area (TPSA) is 148 Å². The molecule has 2 aliphatic rings. The molecule has 13 nitrogen and oxygen atoms in total. The van der Waals surface area contributed by atoms with Crippen LogP contribution in [0.15, 0.2) is 24.8 Å². The van der Waals surface area contributed by atoms with E-state index in [0.29, 0.717) is 35.1 Å². The number of aromatic nitrogens is 6. The van der Waals surface area contributed by atoms with Gasteiger partial charge in [-0.15, -0.1) is 0 Å². The van der Waals surface area contributed by atoms with Gasteiger partial charge >= 0.3 is 5.97 Å². The maximum Gasteiger partial charge on any atom is 0.328 e. The van der Waals surface area contributed by atoms with E-state index in [-0.39, 0.29) is 21.2 Å². The fourth-order valence-corrected chi connectivity index (χ4v) is 9.75. The van der Waals surface area contributed by atoms with E-state index in [9.17, 15) is 9.90 Å². The van der Waals surface area contributed by atoms with Gasteiger partial charge in [0.05, 0.1) is 19.1 Å². The van der Waals surface area contributed by atoms with Gasteiger partial charge in [-0.3, -0.25) is 4.57 Å². The van der Waals surface area contributed by atoms with Gasteiger partial charge in [0.25, 0.3) is 5.95 Å².